The average Bonchev–Trinajstić information content (AvgIpc) is 2.40. The van der Waals surface area contributed by atoms with Crippen LogP contribution in [0.3, 0.4) is 0 Å². The second-order valence-corrected chi connectivity index (χ2v) is 6.63. The van der Waals surface area contributed by atoms with E-state index in [1.807, 2.05) is 0 Å². The van der Waals surface area contributed by atoms with Gasteiger partial charge in [-0.25, -0.2) is 0 Å². The van der Waals surface area contributed by atoms with Gasteiger partial charge in [-0.05, 0) is 64.0 Å². The molecule has 1 aliphatic carbocycles. The lowest BCUT2D eigenvalue weighted by Gasteiger charge is -2.42. The monoisotopic (exact) mass is 252 g/mol. The summed E-state index contributed by atoms with van der Waals surface area (Å²) in [7, 11) is 2.15. The van der Waals surface area contributed by atoms with E-state index in [4.69, 9.17) is 0 Å². The summed E-state index contributed by atoms with van der Waals surface area (Å²) in [6, 6.07) is 1.63. The molecule has 2 aliphatic rings. The number of likely N-dealkylation sites (tertiary alicyclic amines) is 1. The van der Waals surface area contributed by atoms with Crippen molar-refractivity contribution in [3.05, 3.63) is 0 Å². The maximum Gasteiger partial charge on any atom is 0.0105 e. The van der Waals surface area contributed by atoms with Crippen LogP contribution in [0.2, 0.25) is 0 Å². The Kier molecular flexibility index (Phi) is 5.50. The molecule has 2 heteroatoms. The minimum Gasteiger partial charge on any atom is -0.317 e. The van der Waals surface area contributed by atoms with Gasteiger partial charge in [-0.15, -0.1) is 0 Å². The Morgan fingerprint density at radius 1 is 1.17 bits per heavy atom. The van der Waals surface area contributed by atoms with Crippen molar-refractivity contribution in [2.24, 2.45) is 11.8 Å². The molecular weight excluding hydrogens is 220 g/mol. The van der Waals surface area contributed by atoms with Crippen molar-refractivity contribution in [1.82, 2.24) is 10.2 Å². The molecule has 18 heavy (non-hydrogen) atoms. The molecular formula is C16H32N2. The zero-order valence-electron chi connectivity index (χ0n) is 12.6. The lowest BCUT2D eigenvalue weighted by atomic mass is 9.78. The van der Waals surface area contributed by atoms with Crippen LogP contribution in [-0.4, -0.2) is 37.1 Å². The van der Waals surface area contributed by atoms with Gasteiger partial charge in [-0.2, -0.15) is 0 Å². The van der Waals surface area contributed by atoms with Gasteiger partial charge in [0.05, 0.1) is 0 Å². The predicted octanol–water partition coefficient (Wildman–Crippen LogP) is 3.28. The van der Waals surface area contributed by atoms with Gasteiger partial charge in [-0.3, -0.25) is 0 Å². The Morgan fingerprint density at radius 2 is 2.00 bits per heavy atom. The minimum atomic E-state index is 0.764. The number of hydrogen-bond acceptors (Lipinski definition) is 2. The number of nitrogens with one attached hydrogen (secondary N) is 1. The Labute approximate surface area is 114 Å². The third-order valence-electron chi connectivity index (χ3n) is 5.30. The highest BCUT2D eigenvalue weighted by molar-refractivity contribution is 4.87. The molecule has 1 saturated carbocycles. The van der Waals surface area contributed by atoms with Crippen LogP contribution in [0.1, 0.15) is 58.8 Å². The predicted molar refractivity (Wildman–Crippen MR) is 78.9 cm³/mol. The molecule has 0 aromatic rings. The summed E-state index contributed by atoms with van der Waals surface area (Å²) in [6.07, 6.45) is 9.87. The Balaban J connectivity index is 1.92. The first kappa shape index (κ1) is 14.3. The summed E-state index contributed by atoms with van der Waals surface area (Å²) in [5, 5.41) is 3.57. The van der Waals surface area contributed by atoms with Gasteiger partial charge in [0.15, 0.2) is 0 Å². The molecule has 2 fully saturated rings. The van der Waals surface area contributed by atoms with Gasteiger partial charge in [0, 0.05) is 18.6 Å². The third-order valence-corrected chi connectivity index (χ3v) is 5.30. The Morgan fingerprint density at radius 3 is 2.72 bits per heavy atom. The van der Waals surface area contributed by atoms with E-state index in [1.54, 1.807) is 0 Å². The first-order valence-electron chi connectivity index (χ1n) is 8.15. The van der Waals surface area contributed by atoms with E-state index < -0.39 is 0 Å². The molecule has 4 atom stereocenters. The Bertz CT molecular complexity index is 241. The fourth-order valence-corrected chi connectivity index (χ4v) is 4.14. The topological polar surface area (TPSA) is 15.3 Å². The molecule has 0 amide bonds. The second kappa shape index (κ2) is 6.91. The van der Waals surface area contributed by atoms with E-state index in [0.29, 0.717) is 0 Å². The van der Waals surface area contributed by atoms with Crippen LogP contribution in [0.4, 0.5) is 0 Å². The molecule has 1 N–H and O–H groups in total. The molecule has 0 radical (unpaired) electrons. The lowest BCUT2D eigenvalue weighted by Crippen LogP contribution is -2.48. The standard InChI is InChI=1S/C16H32N2/c1-4-15-7-5-6-10-18(15)12-14-11-13(2)8-9-16(14)17-3/h13-17H,4-12H2,1-3H3. The van der Waals surface area contributed by atoms with E-state index in [0.717, 1.165) is 23.9 Å². The largest absolute Gasteiger partial charge is 0.317 e. The number of piperidine rings is 1. The highest BCUT2D eigenvalue weighted by atomic mass is 15.2. The van der Waals surface area contributed by atoms with Crippen LogP contribution in [0.25, 0.3) is 0 Å². The minimum absolute atomic E-state index is 0.764. The van der Waals surface area contributed by atoms with Crippen molar-refractivity contribution >= 4 is 0 Å². The zero-order valence-corrected chi connectivity index (χ0v) is 12.6. The van der Waals surface area contributed by atoms with Crippen molar-refractivity contribution < 1.29 is 0 Å². The lowest BCUT2D eigenvalue weighted by molar-refractivity contribution is 0.0882. The van der Waals surface area contributed by atoms with E-state index in [-0.39, 0.29) is 0 Å². The van der Waals surface area contributed by atoms with Crippen molar-refractivity contribution in [3.8, 4) is 0 Å². The summed E-state index contributed by atoms with van der Waals surface area (Å²) in [5.41, 5.74) is 0. The summed E-state index contributed by atoms with van der Waals surface area (Å²) < 4.78 is 0. The highest BCUT2D eigenvalue weighted by Gasteiger charge is 2.31. The van der Waals surface area contributed by atoms with Crippen LogP contribution in [0.5, 0.6) is 0 Å². The third kappa shape index (κ3) is 3.48. The van der Waals surface area contributed by atoms with Crippen molar-refractivity contribution in [1.29, 1.82) is 0 Å². The number of rotatable bonds is 4. The molecule has 4 unspecified atom stereocenters. The van der Waals surface area contributed by atoms with Crippen LogP contribution in [-0.2, 0) is 0 Å². The number of nitrogens with zero attached hydrogens (tertiary/aromatic N) is 1. The van der Waals surface area contributed by atoms with Gasteiger partial charge in [0.1, 0.15) is 0 Å². The molecule has 2 rings (SSSR count). The molecule has 0 aromatic heterocycles. The summed E-state index contributed by atoms with van der Waals surface area (Å²) in [4.78, 5) is 2.80. The van der Waals surface area contributed by atoms with Crippen LogP contribution < -0.4 is 5.32 Å². The molecule has 0 bridgehead atoms. The molecule has 2 nitrogen and oxygen atoms in total. The van der Waals surface area contributed by atoms with Gasteiger partial charge in [0.25, 0.3) is 0 Å². The smallest absolute Gasteiger partial charge is 0.0105 e. The first-order chi connectivity index (χ1) is 8.74. The summed E-state index contributed by atoms with van der Waals surface area (Å²) >= 11 is 0. The quantitative estimate of drug-likeness (QED) is 0.826. The fraction of sp³-hybridized carbons (Fsp3) is 1.00. The molecule has 1 aliphatic heterocycles. The number of hydrogen-bond donors (Lipinski definition) is 1. The van der Waals surface area contributed by atoms with E-state index in [9.17, 15) is 0 Å². The molecule has 1 saturated heterocycles. The zero-order chi connectivity index (χ0) is 13.0. The first-order valence-corrected chi connectivity index (χ1v) is 8.15. The summed E-state index contributed by atoms with van der Waals surface area (Å²) in [6.45, 7) is 7.49. The molecule has 0 aromatic carbocycles. The SMILES string of the molecule is CCC1CCCCN1CC1CC(C)CCC1NC. The van der Waals surface area contributed by atoms with E-state index in [2.05, 4.69) is 31.1 Å². The van der Waals surface area contributed by atoms with Gasteiger partial charge >= 0.3 is 0 Å². The van der Waals surface area contributed by atoms with Gasteiger partial charge < -0.3 is 10.2 Å². The van der Waals surface area contributed by atoms with Crippen LogP contribution >= 0.6 is 0 Å². The van der Waals surface area contributed by atoms with Crippen molar-refractivity contribution in [2.45, 2.75) is 70.9 Å². The average molecular weight is 252 g/mol. The van der Waals surface area contributed by atoms with Crippen LogP contribution in [0, 0.1) is 11.8 Å². The van der Waals surface area contributed by atoms with Gasteiger partial charge in [0.2, 0.25) is 0 Å². The van der Waals surface area contributed by atoms with Crippen molar-refractivity contribution in [2.75, 3.05) is 20.1 Å². The fourth-order valence-electron chi connectivity index (χ4n) is 4.14. The second-order valence-electron chi connectivity index (χ2n) is 6.63. The van der Waals surface area contributed by atoms with Crippen LogP contribution in [0.15, 0.2) is 0 Å². The highest BCUT2D eigenvalue weighted by Crippen LogP contribution is 2.31. The van der Waals surface area contributed by atoms with Crippen molar-refractivity contribution in [3.63, 3.8) is 0 Å². The van der Waals surface area contributed by atoms with E-state index in [1.165, 1.54) is 58.0 Å². The molecule has 1 heterocycles. The van der Waals surface area contributed by atoms with E-state index >= 15 is 0 Å². The normalized spacial score (nSPS) is 38.8. The maximum absolute atomic E-state index is 3.57. The Hall–Kier alpha value is -0.0800. The summed E-state index contributed by atoms with van der Waals surface area (Å²) in [5.74, 6) is 1.82. The molecule has 106 valence electrons. The van der Waals surface area contributed by atoms with Gasteiger partial charge in [-0.1, -0.05) is 20.3 Å². The maximum atomic E-state index is 3.57. The molecule has 0 spiro atoms.